The molecule has 0 aromatic heterocycles. The van der Waals surface area contributed by atoms with Crippen LogP contribution < -0.4 is 0 Å². The first-order valence-electron chi connectivity index (χ1n) is 3.98. The lowest BCUT2D eigenvalue weighted by Crippen LogP contribution is -2.43. The summed E-state index contributed by atoms with van der Waals surface area (Å²) >= 11 is 0. The smallest absolute Gasteiger partial charge is 0.346 e. The van der Waals surface area contributed by atoms with Gasteiger partial charge in [0.25, 0.3) is 0 Å². The van der Waals surface area contributed by atoms with Crippen molar-refractivity contribution in [2.24, 2.45) is 0 Å². The molecular formula is C8H17FNO2+. The first kappa shape index (κ1) is 11.4. The van der Waals surface area contributed by atoms with E-state index in [-0.39, 0.29) is 13.2 Å². The van der Waals surface area contributed by atoms with Gasteiger partial charge in [-0.2, -0.15) is 0 Å². The van der Waals surface area contributed by atoms with Gasteiger partial charge in [-0.05, 0) is 6.92 Å². The van der Waals surface area contributed by atoms with Gasteiger partial charge in [0, 0.05) is 0 Å². The fourth-order valence-corrected chi connectivity index (χ4v) is 0.788. The van der Waals surface area contributed by atoms with Crippen LogP contribution >= 0.6 is 0 Å². The van der Waals surface area contributed by atoms with E-state index in [0.29, 0.717) is 4.48 Å². The molecule has 0 radical (unpaired) electrons. The lowest BCUT2D eigenvalue weighted by Gasteiger charge is -2.24. The SMILES string of the molecule is CCOC(=O)C(F)C[N+](C)(C)C. The zero-order chi connectivity index (χ0) is 9.78. The molecule has 0 aliphatic heterocycles. The molecule has 1 atom stereocenters. The van der Waals surface area contributed by atoms with Crippen LogP contribution in [0.25, 0.3) is 0 Å². The Balaban J connectivity index is 3.87. The normalized spacial score (nSPS) is 14.1. The highest BCUT2D eigenvalue weighted by Crippen LogP contribution is 2.01. The monoisotopic (exact) mass is 178 g/mol. The summed E-state index contributed by atoms with van der Waals surface area (Å²) in [5, 5.41) is 0. The summed E-state index contributed by atoms with van der Waals surface area (Å²) in [7, 11) is 5.48. The van der Waals surface area contributed by atoms with Crippen molar-refractivity contribution < 1.29 is 18.4 Å². The molecule has 0 rings (SSSR count). The van der Waals surface area contributed by atoms with Crippen LogP contribution in [0.15, 0.2) is 0 Å². The van der Waals surface area contributed by atoms with Crippen LogP contribution in [0, 0.1) is 0 Å². The van der Waals surface area contributed by atoms with E-state index in [9.17, 15) is 9.18 Å². The second-order valence-electron chi connectivity index (χ2n) is 3.69. The van der Waals surface area contributed by atoms with Gasteiger partial charge in [0.2, 0.25) is 6.17 Å². The van der Waals surface area contributed by atoms with Crippen molar-refractivity contribution in [3.05, 3.63) is 0 Å². The van der Waals surface area contributed by atoms with Gasteiger partial charge in [0.1, 0.15) is 6.54 Å². The quantitative estimate of drug-likeness (QED) is 0.465. The highest BCUT2D eigenvalue weighted by atomic mass is 19.1. The average Bonchev–Trinajstić information content (AvgIpc) is 1.84. The summed E-state index contributed by atoms with van der Waals surface area (Å²) in [5.41, 5.74) is 0. The van der Waals surface area contributed by atoms with Crippen molar-refractivity contribution in [3.63, 3.8) is 0 Å². The molecule has 12 heavy (non-hydrogen) atoms. The van der Waals surface area contributed by atoms with Crippen LogP contribution in [0.4, 0.5) is 4.39 Å². The Hall–Kier alpha value is -0.640. The van der Waals surface area contributed by atoms with Crippen molar-refractivity contribution in [3.8, 4) is 0 Å². The van der Waals surface area contributed by atoms with Crippen LogP contribution in [-0.2, 0) is 9.53 Å². The maximum Gasteiger partial charge on any atom is 0.346 e. The summed E-state index contributed by atoms with van der Waals surface area (Å²) in [6.45, 7) is 2.05. The minimum absolute atomic E-state index is 0.152. The molecule has 0 bridgehead atoms. The summed E-state index contributed by atoms with van der Waals surface area (Å²) in [6, 6.07) is 0. The number of hydrogen-bond acceptors (Lipinski definition) is 2. The molecule has 0 amide bonds. The van der Waals surface area contributed by atoms with E-state index in [1.165, 1.54) is 0 Å². The number of nitrogens with zero attached hydrogens (tertiary/aromatic N) is 1. The van der Waals surface area contributed by atoms with E-state index >= 15 is 0 Å². The van der Waals surface area contributed by atoms with Crippen molar-refractivity contribution in [2.75, 3.05) is 34.3 Å². The zero-order valence-corrected chi connectivity index (χ0v) is 8.13. The predicted octanol–water partition coefficient (Wildman–Crippen LogP) is 0.594. The molecule has 0 heterocycles. The molecular weight excluding hydrogens is 161 g/mol. The lowest BCUT2D eigenvalue weighted by atomic mass is 10.3. The third kappa shape index (κ3) is 5.07. The van der Waals surface area contributed by atoms with E-state index in [2.05, 4.69) is 4.74 Å². The van der Waals surface area contributed by atoms with Crippen molar-refractivity contribution >= 4 is 5.97 Å². The van der Waals surface area contributed by atoms with E-state index in [0.717, 1.165) is 0 Å². The summed E-state index contributed by atoms with van der Waals surface area (Å²) in [6.07, 6.45) is -1.51. The molecule has 0 fully saturated rings. The minimum Gasteiger partial charge on any atom is -0.464 e. The van der Waals surface area contributed by atoms with Crippen molar-refractivity contribution in [1.82, 2.24) is 0 Å². The van der Waals surface area contributed by atoms with Crippen molar-refractivity contribution in [2.45, 2.75) is 13.1 Å². The number of carbonyl (C=O) groups is 1. The predicted molar refractivity (Wildman–Crippen MR) is 44.4 cm³/mol. The average molecular weight is 178 g/mol. The van der Waals surface area contributed by atoms with Crippen LogP contribution in [0.1, 0.15) is 6.92 Å². The summed E-state index contributed by atoms with van der Waals surface area (Å²) in [4.78, 5) is 10.8. The van der Waals surface area contributed by atoms with E-state index in [1.807, 2.05) is 21.1 Å². The van der Waals surface area contributed by atoms with Gasteiger partial charge in [0.15, 0.2) is 0 Å². The van der Waals surface area contributed by atoms with Gasteiger partial charge >= 0.3 is 5.97 Å². The molecule has 0 N–H and O–H groups in total. The molecule has 0 aromatic rings. The molecule has 0 saturated heterocycles. The minimum atomic E-state index is -1.51. The van der Waals surface area contributed by atoms with Gasteiger partial charge in [-0.1, -0.05) is 0 Å². The van der Waals surface area contributed by atoms with Crippen LogP contribution in [0.3, 0.4) is 0 Å². The van der Waals surface area contributed by atoms with Gasteiger partial charge in [0.05, 0.1) is 27.7 Å². The Morgan fingerprint density at radius 2 is 2.00 bits per heavy atom. The number of halogens is 1. The Bertz CT molecular complexity index is 154. The Kier molecular flexibility index (Phi) is 4.17. The van der Waals surface area contributed by atoms with E-state index in [4.69, 9.17) is 0 Å². The standard InChI is InChI=1S/C8H17FNO2/c1-5-12-8(11)7(9)6-10(2,3)4/h7H,5-6H2,1-4H3/q+1. The van der Waals surface area contributed by atoms with Gasteiger partial charge in [-0.3, -0.25) is 0 Å². The highest BCUT2D eigenvalue weighted by Gasteiger charge is 2.25. The third-order valence-electron chi connectivity index (χ3n) is 1.25. The molecule has 0 aliphatic carbocycles. The molecule has 0 saturated carbocycles. The largest absolute Gasteiger partial charge is 0.464 e. The Labute approximate surface area is 72.7 Å². The van der Waals surface area contributed by atoms with Gasteiger partial charge < -0.3 is 9.22 Å². The molecule has 0 spiro atoms. The molecule has 3 nitrogen and oxygen atoms in total. The maximum absolute atomic E-state index is 13.0. The first-order chi connectivity index (χ1) is 5.37. The first-order valence-corrected chi connectivity index (χ1v) is 3.98. The van der Waals surface area contributed by atoms with Gasteiger partial charge in [-0.25, -0.2) is 9.18 Å². The number of carbonyl (C=O) groups excluding carboxylic acids is 1. The number of alkyl halides is 1. The Morgan fingerprint density at radius 1 is 1.50 bits per heavy atom. The third-order valence-corrected chi connectivity index (χ3v) is 1.25. The summed E-state index contributed by atoms with van der Waals surface area (Å²) in [5.74, 6) is -0.759. The maximum atomic E-state index is 13.0. The van der Waals surface area contributed by atoms with Gasteiger partial charge in [-0.15, -0.1) is 0 Å². The second-order valence-corrected chi connectivity index (χ2v) is 3.69. The molecule has 72 valence electrons. The second kappa shape index (κ2) is 4.40. The number of quaternary nitrogens is 1. The fraction of sp³-hybridized carbons (Fsp3) is 0.875. The zero-order valence-electron chi connectivity index (χ0n) is 8.13. The van der Waals surface area contributed by atoms with Crippen LogP contribution in [0.2, 0.25) is 0 Å². The number of esters is 1. The fourth-order valence-electron chi connectivity index (χ4n) is 0.788. The van der Waals surface area contributed by atoms with Crippen LogP contribution in [0.5, 0.6) is 0 Å². The highest BCUT2D eigenvalue weighted by molar-refractivity contribution is 5.74. The number of rotatable bonds is 4. The van der Waals surface area contributed by atoms with Crippen LogP contribution in [-0.4, -0.2) is 50.9 Å². The summed E-state index contributed by atoms with van der Waals surface area (Å²) < 4.78 is 17.9. The lowest BCUT2D eigenvalue weighted by molar-refractivity contribution is -0.871. The molecule has 0 aromatic carbocycles. The van der Waals surface area contributed by atoms with Crippen molar-refractivity contribution in [1.29, 1.82) is 0 Å². The molecule has 0 aliphatic rings. The Morgan fingerprint density at radius 3 is 2.33 bits per heavy atom. The van der Waals surface area contributed by atoms with E-state index in [1.54, 1.807) is 6.92 Å². The topological polar surface area (TPSA) is 26.3 Å². The molecule has 4 heteroatoms. The van der Waals surface area contributed by atoms with E-state index < -0.39 is 12.1 Å². The molecule has 1 unspecified atom stereocenters. The number of ether oxygens (including phenoxy) is 1. The number of hydrogen-bond donors (Lipinski definition) is 0.